The summed E-state index contributed by atoms with van der Waals surface area (Å²) in [6.07, 6.45) is 0.462. The number of ether oxygens (including phenoxy) is 1. The lowest BCUT2D eigenvalue weighted by Crippen LogP contribution is -2.29. The van der Waals surface area contributed by atoms with Crippen molar-refractivity contribution < 1.29 is 19.0 Å². The van der Waals surface area contributed by atoms with Crippen LogP contribution in [0.15, 0.2) is 18.2 Å². The van der Waals surface area contributed by atoms with E-state index in [1.54, 1.807) is 0 Å². The molecule has 0 saturated carbocycles. The third kappa shape index (κ3) is 2.58. The Morgan fingerprint density at radius 3 is 2.94 bits per heavy atom. The van der Waals surface area contributed by atoms with Crippen LogP contribution in [0.4, 0.5) is 4.39 Å². The summed E-state index contributed by atoms with van der Waals surface area (Å²) in [6, 6.07) is 4.20. The normalized spacial score (nSPS) is 24.6. The molecule has 17 heavy (non-hydrogen) atoms. The minimum atomic E-state index is -0.955. The number of hydrogen-bond acceptors (Lipinski definition) is 2. The predicted molar refractivity (Wildman–Crippen MR) is 60.5 cm³/mol. The summed E-state index contributed by atoms with van der Waals surface area (Å²) in [4.78, 5) is 11.1. The summed E-state index contributed by atoms with van der Waals surface area (Å²) in [7, 11) is 0. The molecule has 2 rings (SSSR count). The van der Waals surface area contributed by atoms with E-state index in [1.807, 2.05) is 0 Å². The van der Waals surface area contributed by atoms with Gasteiger partial charge in [0.15, 0.2) is 0 Å². The minimum absolute atomic E-state index is 0.265. The van der Waals surface area contributed by atoms with Gasteiger partial charge in [0.05, 0.1) is 12.0 Å². The van der Waals surface area contributed by atoms with Crippen molar-refractivity contribution in [3.05, 3.63) is 34.6 Å². The van der Waals surface area contributed by atoms with Gasteiger partial charge in [-0.15, -0.1) is 0 Å². The van der Waals surface area contributed by atoms with Crippen molar-refractivity contribution in [3.63, 3.8) is 0 Å². The number of carbonyl (C=O) groups is 1. The summed E-state index contributed by atoms with van der Waals surface area (Å²) < 4.78 is 19.1. The molecule has 0 bridgehead atoms. The molecule has 92 valence electrons. The fourth-order valence-electron chi connectivity index (χ4n) is 2.07. The van der Waals surface area contributed by atoms with E-state index in [4.69, 9.17) is 21.4 Å². The second-order valence-corrected chi connectivity index (χ2v) is 4.48. The Labute approximate surface area is 103 Å². The van der Waals surface area contributed by atoms with Gasteiger partial charge in [-0.2, -0.15) is 0 Å². The summed E-state index contributed by atoms with van der Waals surface area (Å²) in [5.74, 6) is -2.17. The van der Waals surface area contributed by atoms with Gasteiger partial charge in [-0.05, 0) is 25.0 Å². The van der Waals surface area contributed by atoms with Gasteiger partial charge in [-0.3, -0.25) is 4.79 Å². The summed E-state index contributed by atoms with van der Waals surface area (Å²) in [6.45, 7) is 0.455. The first-order chi connectivity index (χ1) is 8.09. The van der Waals surface area contributed by atoms with E-state index in [0.717, 1.165) is 0 Å². The van der Waals surface area contributed by atoms with Crippen molar-refractivity contribution in [3.8, 4) is 0 Å². The lowest BCUT2D eigenvalue weighted by Gasteiger charge is -2.29. The number of aliphatic carboxylic acids is 1. The van der Waals surface area contributed by atoms with Gasteiger partial charge in [-0.1, -0.05) is 17.7 Å². The Balaban J connectivity index is 2.32. The van der Waals surface area contributed by atoms with Crippen molar-refractivity contribution in [2.45, 2.75) is 18.9 Å². The first-order valence-electron chi connectivity index (χ1n) is 5.39. The van der Waals surface area contributed by atoms with E-state index in [1.165, 1.54) is 18.2 Å². The van der Waals surface area contributed by atoms with Crippen LogP contribution < -0.4 is 0 Å². The average molecular weight is 259 g/mol. The first-order valence-corrected chi connectivity index (χ1v) is 5.77. The summed E-state index contributed by atoms with van der Waals surface area (Å²) in [5, 5.41) is 9.37. The average Bonchev–Trinajstić information content (AvgIpc) is 2.29. The largest absolute Gasteiger partial charge is 0.481 e. The number of rotatable bonds is 2. The summed E-state index contributed by atoms with van der Waals surface area (Å²) >= 11 is 5.66. The van der Waals surface area contributed by atoms with Gasteiger partial charge >= 0.3 is 5.97 Å². The molecule has 1 fully saturated rings. The van der Waals surface area contributed by atoms with Crippen LogP contribution in [0.3, 0.4) is 0 Å². The van der Waals surface area contributed by atoms with E-state index in [-0.39, 0.29) is 10.6 Å². The van der Waals surface area contributed by atoms with E-state index in [9.17, 15) is 9.18 Å². The Kier molecular flexibility index (Phi) is 3.64. The quantitative estimate of drug-likeness (QED) is 0.887. The SMILES string of the molecule is O=C(O)C1CCCOC1c1ccc(Cl)cc1F. The highest BCUT2D eigenvalue weighted by Gasteiger charge is 2.34. The molecular weight excluding hydrogens is 247 g/mol. The van der Waals surface area contributed by atoms with Gasteiger partial charge in [0.25, 0.3) is 0 Å². The third-order valence-electron chi connectivity index (χ3n) is 2.91. The number of carboxylic acid groups (broad SMARTS) is 1. The van der Waals surface area contributed by atoms with Crippen molar-refractivity contribution >= 4 is 17.6 Å². The lowest BCUT2D eigenvalue weighted by atomic mass is 9.89. The molecule has 0 aromatic heterocycles. The van der Waals surface area contributed by atoms with Crippen LogP contribution in [0.1, 0.15) is 24.5 Å². The molecule has 0 aliphatic carbocycles. The lowest BCUT2D eigenvalue weighted by molar-refractivity contribution is -0.152. The highest BCUT2D eigenvalue weighted by atomic mass is 35.5. The van der Waals surface area contributed by atoms with E-state index in [0.29, 0.717) is 19.4 Å². The summed E-state index contributed by atoms with van der Waals surface area (Å²) in [5.41, 5.74) is 0.265. The monoisotopic (exact) mass is 258 g/mol. The Bertz CT molecular complexity index is 436. The Hall–Kier alpha value is -1.13. The van der Waals surface area contributed by atoms with Crippen LogP contribution in [0.2, 0.25) is 5.02 Å². The van der Waals surface area contributed by atoms with Crippen LogP contribution in [0, 0.1) is 11.7 Å². The molecule has 0 spiro atoms. The van der Waals surface area contributed by atoms with Crippen LogP contribution >= 0.6 is 11.6 Å². The molecule has 1 saturated heterocycles. The maximum Gasteiger partial charge on any atom is 0.309 e. The number of benzene rings is 1. The van der Waals surface area contributed by atoms with Crippen LogP contribution in [-0.4, -0.2) is 17.7 Å². The molecule has 1 aliphatic rings. The fraction of sp³-hybridized carbons (Fsp3) is 0.417. The maximum atomic E-state index is 13.7. The molecule has 2 unspecified atom stereocenters. The molecule has 1 N–H and O–H groups in total. The van der Waals surface area contributed by atoms with Crippen LogP contribution in [0.5, 0.6) is 0 Å². The zero-order valence-corrected chi connectivity index (χ0v) is 9.78. The Morgan fingerprint density at radius 2 is 2.29 bits per heavy atom. The van der Waals surface area contributed by atoms with Crippen molar-refractivity contribution in [1.82, 2.24) is 0 Å². The molecule has 2 atom stereocenters. The first kappa shape index (κ1) is 12.3. The molecule has 0 radical (unpaired) electrons. The number of hydrogen-bond donors (Lipinski definition) is 1. The highest BCUT2D eigenvalue weighted by molar-refractivity contribution is 6.30. The predicted octanol–water partition coefficient (Wildman–Crippen LogP) is 3.03. The molecule has 1 aromatic carbocycles. The van der Waals surface area contributed by atoms with E-state index in [2.05, 4.69) is 0 Å². The van der Waals surface area contributed by atoms with Gasteiger partial charge in [0.1, 0.15) is 5.82 Å². The number of halogens is 2. The molecule has 3 nitrogen and oxygen atoms in total. The third-order valence-corrected chi connectivity index (χ3v) is 3.14. The zero-order chi connectivity index (χ0) is 12.4. The van der Waals surface area contributed by atoms with Gasteiger partial charge in [-0.25, -0.2) is 4.39 Å². The minimum Gasteiger partial charge on any atom is -0.481 e. The standard InChI is InChI=1S/C12H12ClFO3/c13-7-3-4-8(10(14)6-7)11-9(12(15)16)2-1-5-17-11/h3-4,6,9,11H,1-2,5H2,(H,15,16). The topological polar surface area (TPSA) is 46.5 Å². The van der Waals surface area contributed by atoms with Gasteiger partial charge in [0, 0.05) is 17.2 Å². The molecule has 0 amide bonds. The van der Waals surface area contributed by atoms with Crippen LogP contribution in [0.25, 0.3) is 0 Å². The van der Waals surface area contributed by atoms with Gasteiger partial charge < -0.3 is 9.84 Å². The molecular formula is C12H12ClFO3. The van der Waals surface area contributed by atoms with E-state index >= 15 is 0 Å². The zero-order valence-electron chi connectivity index (χ0n) is 9.03. The second kappa shape index (κ2) is 5.02. The van der Waals surface area contributed by atoms with Gasteiger partial charge in [0.2, 0.25) is 0 Å². The molecule has 5 heteroatoms. The van der Waals surface area contributed by atoms with Crippen molar-refractivity contribution in [2.24, 2.45) is 5.92 Å². The highest BCUT2D eigenvalue weighted by Crippen LogP contribution is 2.35. The maximum absolute atomic E-state index is 13.7. The number of carboxylic acids is 1. The fourth-order valence-corrected chi connectivity index (χ4v) is 2.23. The molecule has 1 heterocycles. The second-order valence-electron chi connectivity index (χ2n) is 4.04. The van der Waals surface area contributed by atoms with Crippen LogP contribution in [-0.2, 0) is 9.53 Å². The van der Waals surface area contributed by atoms with Crippen molar-refractivity contribution in [2.75, 3.05) is 6.61 Å². The van der Waals surface area contributed by atoms with Crippen molar-refractivity contribution in [1.29, 1.82) is 0 Å². The van der Waals surface area contributed by atoms with E-state index < -0.39 is 23.8 Å². The molecule has 1 aliphatic heterocycles. The Morgan fingerprint density at radius 1 is 1.53 bits per heavy atom. The smallest absolute Gasteiger partial charge is 0.309 e. The molecule has 1 aromatic rings.